The minimum Gasteiger partial charge on any atom is -0.494 e. The largest absolute Gasteiger partial charge is 0.494 e. The Hall–Kier alpha value is -1.28. The fourth-order valence-electron chi connectivity index (χ4n) is 1.05. The van der Waals surface area contributed by atoms with E-state index in [9.17, 15) is 0 Å². The summed E-state index contributed by atoms with van der Waals surface area (Å²) in [5, 5.41) is 0. The maximum atomic E-state index is 5.34. The molecule has 0 aliphatic heterocycles. The minimum atomic E-state index is 0.577. The molecular weight excluding hydrogens is 162 g/mol. The van der Waals surface area contributed by atoms with Crippen molar-refractivity contribution in [1.82, 2.24) is 0 Å². The van der Waals surface area contributed by atoms with Gasteiger partial charge < -0.3 is 10.5 Å². The summed E-state index contributed by atoms with van der Waals surface area (Å²) in [6.07, 6.45) is 3.92. The third-order valence-electron chi connectivity index (χ3n) is 1.64. The lowest BCUT2D eigenvalue weighted by Gasteiger charge is -2.01. The molecule has 0 radical (unpaired) electrons. The molecule has 0 heterocycles. The van der Waals surface area contributed by atoms with Crippen molar-refractivity contribution in [3.8, 4) is 5.75 Å². The van der Waals surface area contributed by atoms with Crippen LogP contribution in [0.3, 0.4) is 0 Å². The lowest BCUT2D eigenvalue weighted by Crippen LogP contribution is -1.92. The second-order valence-electron chi connectivity index (χ2n) is 2.64. The normalized spacial score (nSPS) is 10.6. The summed E-state index contributed by atoms with van der Waals surface area (Å²) in [7, 11) is 0. The van der Waals surface area contributed by atoms with Crippen LogP contribution in [0.4, 0.5) is 0 Å². The van der Waals surface area contributed by atoms with Crippen LogP contribution in [-0.4, -0.2) is 13.2 Å². The van der Waals surface area contributed by atoms with Crippen molar-refractivity contribution in [3.05, 3.63) is 35.9 Å². The molecule has 1 aromatic rings. The van der Waals surface area contributed by atoms with E-state index >= 15 is 0 Å². The number of benzene rings is 1. The summed E-state index contributed by atoms with van der Waals surface area (Å²) in [6.45, 7) is 3.26. The molecule has 2 heteroatoms. The van der Waals surface area contributed by atoms with Crippen LogP contribution in [-0.2, 0) is 0 Å². The minimum absolute atomic E-state index is 0.577. The average Bonchev–Trinajstić information content (AvgIpc) is 2.17. The first-order chi connectivity index (χ1) is 6.36. The lowest BCUT2D eigenvalue weighted by atomic mass is 10.2. The molecule has 70 valence electrons. The highest BCUT2D eigenvalue weighted by Crippen LogP contribution is 2.12. The molecular formula is C11H15NO. The zero-order valence-electron chi connectivity index (χ0n) is 7.86. The van der Waals surface area contributed by atoms with Gasteiger partial charge in [-0.1, -0.05) is 24.3 Å². The number of hydrogen-bond donors (Lipinski definition) is 1. The molecule has 2 nitrogen and oxygen atoms in total. The predicted molar refractivity (Wildman–Crippen MR) is 55.7 cm³/mol. The molecule has 0 atom stereocenters. The van der Waals surface area contributed by atoms with Gasteiger partial charge in [0, 0.05) is 6.54 Å². The van der Waals surface area contributed by atoms with E-state index in [0.29, 0.717) is 13.2 Å². The topological polar surface area (TPSA) is 35.2 Å². The van der Waals surface area contributed by atoms with E-state index in [-0.39, 0.29) is 0 Å². The summed E-state index contributed by atoms with van der Waals surface area (Å²) < 4.78 is 5.32. The van der Waals surface area contributed by atoms with Gasteiger partial charge in [0.15, 0.2) is 0 Å². The highest BCUT2D eigenvalue weighted by Gasteiger charge is 1.90. The van der Waals surface area contributed by atoms with Crippen molar-refractivity contribution < 1.29 is 4.74 Å². The van der Waals surface area contributed by atoms with Gasteiger partial charge in [0.1, 0.15) is 5.75 Å². The van der Waals surface area contributed by atoms with E-state index in [1.165, 1.54) is 0 Å². The molecule has 0 fully saturated rings. The fourth-order valence-corrected chi connectivity index (χ4v) is 1.05. The van der Waals surface area contributed by atoms with Crippen LogP contribution in [0.2, 0.25) is 0 Å². The van der Waals surface area contributed by atoms with Crippen LogP contribution in [0.5, 0.6) is 5.75 Å². The van der Waals surface area contributed by atoms with Gasteiger partial charge in [0.2, 0.25) is 0 Å². The van der Waals surface area contributed by atoms with Crippen molar-refractivity contribution in [1.29, 1.82) is 0 Å². The predicted octanol–water partition coefficient (Wildman–Crippen LogP) is 2.06. The third-order valence-corrected chi connectivity index (χ3v) is 1.64. The van der Waals surface area contributed by atoms with E-state index in [2.05, 4.69) is 0 Å². The molecule has 1 aromatic carbocycles. The van der Waals surface area contributed by atoms with Crippen molar-refractivity contribution in [2.24, 2.45) is 5.73 Å². The molecule has 0 unspecified atom stereocenters. The molecule has 0 aromatic heterocycles. The van der Waals surface area contributed by atoms with Gasteiger partial charge in [-0.05, 0) is 24.6 Å². The van der Waals surface area contributed by atoms with Gasteiger partial charge in [-0.3, -0.25) is 0 Å². The van der Waals surface area contributed by atoms with Crippen LogP contribution in [0.1, 0.15) is 12.5 Å². The Kier molecular flexibility index (Phi) is 4.06. The molecule has 0 aliphatic rings. The standard InChI is InChI=1S/C11H15NO/c1-2-13-11-7-5-10(6-8-11)4-3-9-12/h3-8H,2,9,12H2,1H3/b4-3+. The van der Waals surface area contributed by atoms with Crippen LogP contribution in [0, 0.1) is 0 Å². The summed E-state index contributed by atoms with van der Waals surface area (Å²) in [6, 6.07) is 7.94. The van der Waals surface area contributed by atoms with Crippen LogP contribution in [0.15, 0.2) is 30.3 Å². The van der Waals surface area contributed by atoms with Gasteiger partial charge in [-0.25, -0.2) is 0 Å². The zero-order valence-corrected chi connectivity index (χ0v) is 7.86. The molecule has 13 heavy (non-hydrogen) atoms. The van der Waals surface area contributed by atoms with E-state index in [0.717, 1.165) is 11.3 Å². The Labute approximate surface area is 79.0 Å². The number of nitrogens with two attached hydrogens (primary N) is 1. The fraction of sp³-hybridized carbons (Fsp3) is 0.273. The third kappa shape index (κ3) is 3.30. The first kappa shape index (κ1) is 9.81. The number of hydrogen-bond acceptors (Lipinski definition) is 2. The van der Waals surface area contributed by atoms with Gasteiger partial charge in [0.25, 0.3) is 0 Å². The van der Waals surface area contributed by atoms with Crippen molar-refractivity contribution in [3.63, 3.8) is 0 Å². The Morgan fingerprint density at radius 2 is 2.00 bits per heavy atom. The summed E-state index contributed by atoms with van der Waals surface area (Å²) in [5.74, 6) is 0.910. The molecule has 1 rings (SSSR count). The second-order valence-corrected chi connectivity index (χ2v) is 2.64. The first-order valence-electron chi connectivity index (χ1n) is 4.46. The van der Waals surface area contributed by atoms with E-state index in [4.69, 9.17) is 10.5 Å². The van der Waals surface area contributed by atoms with Crippen molar-refractivity contribution >= 4 is 6.08 Å². The molecule has 0 bridgehead atoms. The number of rotatable bonds is 4. The van der Waals surface area contributed by atoms with Crippen molar-refractivity contribution in [2.45, 2.75) is 6.92 Å². The monoisotopic (exact) mass is 177 g/mol. The maximum Gasteiger partial charge on any atom is 0.119 e. The highest BCUT2D eigenvalue weighted by molar-refractivity contribution is 5.50. The van der Waals surface area contributed by atoms with Gasteiger partial charge in [-0.2, -0.15) is 0 Å². The SMILES string of the molecule is CCOc1ccc(/C=C/CN)cc1. The van der Waals surface area contributed by atoms with Crippen LogP contribution >= 0.6 is 0 Å². The second kappa shape index (κ2) is 5.38. The van der Waals surface area contributed by atoms with E-state index < -0.39 is 0 Å². The molecule has 0 aliphatic carbocycles. The van der Waals surface area contributed by atoms with Gasteiger partial charge >= 0.3 is 0 Å². The maximum absolute atomic E-state index is 5.34. The summed E-state index contributed by atoms with van der Waals surface area (Å²) >= 11 is 0. The molecule has 0 amide bonds. The first-order valence-corrected chi connectivity index (χ1v) is 4.46. The molecule has 0 saturated heterocycles. The summed E-state index contributed by atoms with van der Waals surface area (Å²) in [5.41, 5.74) is 6.49. The Morgan fingerprint density at radius 3 is 2.54 bits per heavy atom. The Morgan fingerprint density at radius 1 is 1.31 bits per heavy atom. The summed E-state index contributed by atoms with van der Waals surface area (Å²) in [4.78, 5) is 0. The van der Waals surface area contributed by atoms with Crippen LogP contribution in [0.25, 0.3) is 6.08 Å². The quantitative estimate of drug-likeness (QED) is 0.764. The average molecular weight is 177 g/mol. The van der Waals surface area contributed by atoms with Crippen LogP contribution < -0.4 is 10.5 Å². The Balaban J connectivity index is 2.64. The highest BCUT2D eigenvalue weighted by atomic mass is 16.5. The Bertz CT molecular complexity index is 264. The molecule has 0 saturated carbocycles. The van der Waals surface area contributed by atoms with E-state index in [1.807, 2.05) is 43.3 Å². The van der Waals surface area contributed by atoms with E-state index in [1.54, 1.807) is 0 Å². The molecule has 2 N–H and O–H groups in total. The van der Waals surface area contributed by atoms with Crippen molar-refractivity contribution in [2.75, 3.05) is 13.2 Å². The number of ether oxygens (including phenoxy) is 1. The smallest absolute Gasteiger partial charge is 0.119 e. The lowest BCUT2D eigenvalue weighted by molar-refractivity contribution is 0.340. The van der Waals surface area contributed by atoms with Gasteiger partial charge in [-0.15, -0.1) is 0 Å². The van der Waals surface area contributed by atoms with Gasteiger partial charge in [0.05, 0.1) is 6.61 Å². The molecule has 0 spiro atoms. The zero-order chi connectivity index (χ0) is 9.52.